The fraction of sp³-hybridized carbons (Fsp3) is 0.130. The zero-order valence-corrected chi connectivity index (χ0v) is 17.3. The van der Waals surface area contributed by atoms with Gasteiger partial charge in [0.2, 0.25) is 0 Å². The topological polar surface area (TPSA) is 69.2 Å². The van der Waals surface area contributed by atoms with Crippen molar-refractivity contribution in [2.45, 2.75) is 6.61 Å². The molecule has 0 heterocycles. The van der Waals surface area contributed by atoms with Crippen molar-refractivity contribution in [3.05, 3.63) is 88.4 Å². The zero-order valence-electron chi connectivity index (χ0n) is 16.6. The van der Waals surface area contributed by atoms with Crippen molar-refractivity contribution in [2.24, 2.45) is 5.10 Å². The number of carbonyl (C=O) groups is 1. The highest BCUT2D eigenvalue weighted by molar-refractivity contribution is 6.31. The van der Waals surface area contributed by atoms with Crippen LogP contribution in [0.2, 0.25) is 5.02 Å². The van der Waals surface area contributed by atoms with E-state index in [1.165, 1.54) is 13.3 Å². The molecule has 0 fully saturated rings. The molecule has 6 nitrogen and oxygen atoms in total. The van der Waals surface area contributed by atoms with E-state index in [0.29, 0.717) is 40.0 Å². The SMILES string of the molecule is COc1ccc(C(=O)NN=Cc2ccccc2OCc2ccccc2Cl)c(OC)c1. The number of amides is 1. The van der Waals surface area contributed by atoms with Crippen molar-refractivity contribution >= 4 is 23.7 Å². The molecule has 0 spiro atoms. The number of rotatable bonds is 8. The third-order valence-electron chi connectivity index (χ3n) is 4.28. The van der Waals surface area contributed by atoms with Crippen LogP contribution in [0.3, 0.4) is 0 Å². The van der Waals surface area contributed by atoms with E-state index in [2.05, 4.69) is 10.5 Å². The summed E-state index contributed by atoms with van der Waals surface area (Å²) < 4.78 is 16.3. The number of halogens is 1. The molecule has 0 saturated heterocycles. The quantitative estimate of drug-likeness (QED) is 0.420. The minimum atomic E-state index is -0.403. The predicted molar refractivity (Wildman–Crippen MR) is 117 cm³/mol. The summed E-state index contributed by atoms with van der Waals surface area (Å²) in [7, 11) is 3.03. The number of ether oxygens (including phenoxy) is 3. The fourth-order valence-corrected chi connectivity index (χ4v) is 2.89. The average molecular weight is 425 g/mol. The lowest BCUT2D eigenvalue weighted by atomic mass is 10.2. The highest BCUT2D eigenvalue weighted by atomic mass is 35.5. The number of nitrogens with one attached hydrogen (secondary N) is 1. The molecule has 3 aromatic rings. The minimum Gasteiger partial charge on any atom is -0.497 e. The minimum absolute atomic E-state index is 0.319. The van der Waals surface area contributed by atoms with Crippen molar-refractivity contribution in [3.63, 3.8) is 0 Å². The summed E-state index contributed by atoms with van der Waals surface area (Å²) in [6.45, 7) is 0.319. The van der Waals surface area contributed by atoms with Gasteiger partial charge in [-0.1, -0.05) is 41.9 Å². The fourth-order valence-electron chi connectivity index (χ4n) is 2.70. The maximum Gasteiger partial charge on any atom is 0.275 e. The first kappa shape index (κ1) is 21.2. The molecule has 0 atom stereocenters. The molecule has 0 aliphatic heterocycles. The second-order valence-corrected chi connectivity index (χ2v) is 6.59. The maximum atomic E-state index is 12.5. The molecule has 0 aliphatic carbocycles. The van der Waals surface area contributed by atoms with E-state index in [0.717, 1.165) is 5.56 Å². The molecule has 0 saturated carbocycles. The Bertz CT molecular complexity index is 1050. The number of benzene rings is 3. The molecule has 0 unspecified atom stereocenters. The first-order valence-corrected chi connectivity index (χ1v) is 9.51. The molecule has 1 N–H and O–H groups in total. The lowest BCUT2D eigenvalue weighted by molar-refractivity contribution is 0.0952. The van der Waals surface area contributed by atoms with Crippen LogP contribution in [-0.4, -0.2) is 26.3 Å². The Balaban J connectivity index is 1.68. The van der Waals surface area contributed by atoms with Crippen LogP contribution in [0.25, 0.3) is 0 Å². The van der Waals surface area contributed by atoms with Gasteiger partial charge in [-0.15, -0.1) is 0 Å². The normalized spacial score (nSPS) is 10.6. The van der Waals surface area contributed by atoms with Gasteiger partial charge in [-0.25, -0.2) is 5.43 Å². The zero-order chi connectivity index (χ0) is 21.3. The molecule has 30 heavy (non-hydrogen) atoms. The standard InChI is InChI=1S/C23H21ClN2O4/c1-28-18-11-12-19(22(13-18)29-2)23(27)26-25-14-16-7-4-6-10-21(16)30-15-17-8-3-5-9-20(17)24/h3-14H,15H2,1-2H3,(H,26,27). The summed E-state index contributed by atoms with van der Waals surface area (Å²) in [4.78, 5) is 12.5. The second kappa shape index (κ2) is 10.3. The molecule has 0 aliphatic rings. The Labute approximate surface area is 180 Å². The van der Waals surface area contributed by atoms with Crippen LogP contribution in [-0.2, 0) is 6.61 Å². The summed E-state index contributed by atoms with van der Waals surface area (Å²) in [5.41, 5.74) is 4.44. The number of carbonyl (C=O) groups excluding carboxylic acids is 1. The number of para-hydroxylation sites is 1. The van der Waals surface area contributed by atoms with Crippen LogP contribution in [0.5, 0.6) is 17.2 Å². The smallest absolute Gasteiger partial charge is 0.275 e. The van der Waals surface area contributed by atoms with Crippen molar-refractivity contribution < 1.29 is 19.0 Å². The van der Waals surface area contributed by atoms with Crippen molar-refractivity contribution in [3.8, 4) is 17.2 Å². The highest BCUT2D eigenvalue weighted by Gasteiger charge is 2.12. The first-order valence-electron chi connectivity index (χ1n) is 9.13. The van der Waals surface area contributed by atoms with Gasteiger partial charge in [-0.05, 0) is 30.3 Å². The summed E-state index contributed by atoms with van der Waals surface area (Å²) in [6.07, 6.45) is 1.52. The lowest BCUT2D eigenvalue weighted by Gasteiger charge is -2.10. The Morgan fingerprint density at radius 1 is 1.00 bits per heavy atom. The van der Waals surface area contributed by atoms with Crippen molar-refractivity contribution in [2.75, 3.05) is 14.2 Å². The predicted octanol–water partition coefficient (Wildman–Crippen LogP) is 4.70. The van der Waals surface area contributed by atoms with Crippen LogP contribution >= 0.6 is 11.6 Å². The molecule has 0 radical (unpaired) electrons. The Morgan fingerprint density at radius 3 is 2.53 bits per heavy atom. The van der Waals surface area contributed by atoms with Gasteiger partial charge in [-0.2, -0.15) is 5.10 Å². The number of hydrogen-bond donors (Lipinski definition) is 1. The van der Waals surface area contributed by atoms with Gasteiger partial charge in [0.15, 0.2) is 0 Å². The van der Waals surface area contributed by atoms with E-state index in [-0.39, 0.29) is 0 Å². The molecular formula is C23H21ClN2O4. The van der Waals surface area contributed by atoms with Crippen LogP contribution in [0.15, 0.2) is 71.8 Å². The molecule has 1 amide bonds. The number of nitrogens with zero attached hydrogens (tertiary/aromatic N) is 1. The van der Waals surface area contributed by atoms with Gasteiger partial charge >= 0.3 is 0 Å². The van der Waals surface area contributed by atoms with Gasteiger partial charge < -0.3 is 14.2 Å². The maximum absolute atomic E-state index is 12.5. The van der Waals surface area contributed by atoms with Crippen LogP contribution in [0.1, 0.15) is 21.5 Å². The molecule has 0 bridgehead atoms. The van der Waals surface area contributed by atoms with Crippen LogP contribution < -0.4 is 19.6 Å². The largest absolute Gasteiger partial charge is 0.497 e. The number of hydrogen-bond acceptors (Lipinski definition) is 5. The van der Waals surface area contributed by atoms with E-state index < -0.39 is 5.91 Å². The summed E-state index contributed by atoms with van der Waals surface area (Å²) in [5, 5.41) is 4.69. The summed E-state index contributed by atoms with van der Waals surface area (Å²) >= 11 is 6.18. The lowest BCUT2D eigenvalue weighted by Crippen LogP contribution is -2.18. The van der Waals surface area contributed by atoms with E-state index in [1.54, 1.807) is 25.3 Å². The van der Waals surface area contributed by atoms with Gasteiger partial charge in [-0.3, -0.25) is 4.79 Å². The van der Waals surface area contributed by atoms with Crippen LogP contribution in [0.4, 0.5) is 0 Å². The van der Waals surface area contributed by atoms with E-state index >= 15 is 0 Å². The van der Waals surface area contributed by atoms with Gasteiger partial charge in [0.1, 0.15) is 23.9 Å². The first-order chi connectivity index (χ1) is 14.6. The van der Waals surface area contributed by atoms with Crippen molar-refractivity contribution in [1.29, 1.82) is 0 Å². The highest BCUT2D eigenvalue weighted by Crippen LogP contribution is 2.24. The Morgan fingerprint density at radius 2 is 1.77 bits per heavy atom. The molecule has 3 aromatic carbocycles. The molecule has 0 aromatic heterocycles. The number of methoxy groups -OCH3 is 2. The second-order valence-electron chi connectivity index (χ2n) is 6.18. The Hall–Kier alpha value is -3.51. The molecule has 154 valence electrons. The van der Waals surface area contributed by atoms with E-state index in [9.17, 15) is 4.79 Å². The van der Waals surface area contributed by atoms with Crippen molar-refractivity contribution in [1.82, 2.24) is 5.43 Å². The average Bonchev–Trinajstić information content (AvgIpc) is 2.78. The van der Waals surface area contributed by atoms with Gasteiger partial charge in [0.05, 0.1) is 26.0 Å². The number of hydrazone groups is 1. The molecule has 7 heteroatoms. The van der Waals surface area contributed by atoms with Gasteiger partial charge in [0.25, 0.3) is 5.91 Å². The molecule has 3 rings (SSSR count). The monoisotopic (exact) mass is 424 g/mol. The van der Waals surface area contributed by atoms with Crippen LogP contribution in [0, 0.1) is 0 Å². The van der Waals surface area contributed by atoms with E-state index in [4.69, 9.17) is 25.8 Å². The summed E-state index contributed by atoms with van der Waals surface area (Å²) in [5.74, 6) is 1.21. The third kappa shape index (κ3) is 5.30. The third-order valence-corrected chi connectivity index (χ3v) is 4.65. The molecular weight excluding hydrogens is 404 g/mol. The van der Waals surface area contributed by atoms with E-state index in [1.807, 2.05) is 48.5 Å². The van der Waals surface area contributed by atoms with Gasteiger partial charge in [0, 0.05) is 22.2 Å². The summed E-state index contributed by atoms with van der Waals surface area (Å²) in [6, 6.07) is 19.8. The Kier molecular flexibility index (Phi) is 7.29.